The zero-order valence-corrected chi connectivity index (χ0v) is 10.6. The fraction of sp³-hybridized carbons (Fsp3) is 0.833. The van der Waals surface area contributed by atoms with Crippen molar-refractivity contribution in [2.24, 2.45) is 5.92 Å². The molecule has 0 radical (unpaired) electrons. The molecular weight excluding hydrogens is 220 g/mol. The maximum Gasteiger partial charge on any atom is 0.317 e. The minimum atomic E-state index is -0.806. The van der Waals surface area contributed by atoms with Gasteiger partial charge < -0.3 is 10.4 Å². The number of hydrogen-bond donors (Lipinski definition) is 2. The SMILES string of the molecule is CC(C)CC(=O)N[C@H]1CCCN(CC(=O)O)C1. The Morgan fingerprint density at radius 2 is 2.18 bits per heavy atom. The number of rotatable bonds is 5. The predicted octanol–water partition coefficient (Wildman–Crippen LogP) is 0.698. The Kier molecular flexibility index (Phi) is 5.41. The number of piperidine rings is 1. The topological polar surface area (TPSA) is 69.6 Å². The third kappa shape index (κ3) is 5.68. The molecule has 1 aliphatic heterocycles. The number of carboxylic acid groups (broad SMARTS) is 1. The summed E-state index contributed by atoms with van der Waals surface area (Å²) in [7, 11) is 0. The van der Waals surface area contributed by atoms with Gasteiger partial charge >= 0.3 is 5.97 Å². The lowest BCUT2D eigenvalue weighted by Crippen LogP contribution is -2.49. The monoisotopic (exact) mass is 242 g/mol. The maximum atomic E-state index is 11.6. The minimum absolute atomic E-state index is 0.0660. The largest absolute Gasteiger partial charge is 0.480 e. The fourth-order valence-electron chi connectivity index (χ4n) is 2.17. The molecular formula is C12H22N2O3. The van der Waals surface area contributed by atoms with Gasteiger partial charge in [-0.2, -0.15) is 0 Å². The van der Waals surface area contributed by atoms with E-state index in [0.29, 0.717) is 18.9 Å². The molecule has 1 rings (SSSR count). The normalized spacial score (nSPS) is 21.5. The highest BCUT2D eigenvalue weighted by Gasteiger charge is 2.22. The number of likely N-dealkylation sites (tertiary alicyclic amines) is 1. The Labute approximate surface area is 102 Å². The van der Waals surface area contributed by atoms with Gasteiger partial charge in [0.1, 0.15) is 0 Å². The van der Waals surface area contributed by atoms with Crippen molar-refractivity contribution in [3.8, 4) is 0 Å². The molecule has 1 fully saturated rings. The van der Waals surface area contributed by atoms with Gasteiger partial charge in [-0.25, -0.2) is 0 Å². The number of nitrogens with one attached hydrogen (secondary N) is 1. The molecule has 1 saturated heterocycles. The molecule has 0 aromatic rings. The lowest BCUT2D eigenvalue weighted by Gasteiger charge is -2.32. The highest BCUT2D eigenvalue weighted by molar-refractivity contribution is 5.76. The average molecular weight is 242 g/mol. The molecule has 0 unspecified atom stereocenters. The van der Waals surface area contributed by atoms with Crippen molar-refractivity contribution in [3.63, 3.8) is 0 Å². The van der Waals surface area contributed by atoms with Crippen molar-refractivity contribution in [2.75, 3.05) is 19.6 Å². The van der Waals surface area contributed by atoms with E-state index in [0.717, 1.165) is 19.4 Å². The summed E-state index contributed by atoms with van der Waals surface area (Å²) in [6.45, 7) is 5.55. The summed E-state index contributed by atoms with van der Waals surface area (Å²) in [5.41, 5.74) is 0. The molecule has 0 bridgehead atoms. The second-order valence-corrected chi connectivity index (χ2v) is 5.13. The van der Waals surface area contributed by atoms with Crippen LogP contribution in [0.5, 0.6) is 0 Å². The molecule has 0 aromatic carbocycles. The molecule has 1 heterocycles. The molecule has 1 atom stereocenters. The van der Waals surface area contributed by atoms with Crippen LogP contribution in [-0.4, -0.2) is 47.6 Å². The molecule has 2 N–H and O–H groups in total. The van der Waals surface area contributed by atoms with Crippen molar-refractivity contribution < 1.29 is 14.7 Å². The van der Waals surface area contributed by atoms with E-state index >= 15 is 0 Å². The summed E-state index contributed by atoms with van der Waals surface area (Å²) in [4.78, 5) is 24.1. The van der Waals surface area contributed by atoms with Gasteiger partial charge in [0.25, 0.3) is 0 Å². The minimum Gasteiger partial charge on any atom is -0.480 e. The van der Waals surface area contributed by atoms with Crippen molar-refractivity contribution in [2.45, 2.75) is 39.2 Å². The lowest BCUT2D eigenvalue weighted by atomic mass is 10.0. The van der Waals surface area contributed by atoms with Crippen LogP contribution in [0.4, 0.5) is 0 Å². The predicted molar refractivity (Wildman–Crippen MR) is 64.7 cm³/mol. The van der Waals surface area contributed by atoms with Gasteiger partial charge in [0.2, 0.25) is 5.91 Å². The van der Waals surface area contributed by atoms with E-state index in [9.17, 15) is 9.59 Å². The van der Waals surface area contributed by atoms with E-state index in [4.69, 9.17) is 5.11 Å². The van der Waals surface area contributed by atoms with Crippen LogP contribution >= 0.6 is 0 Å². The second-order valence-electron chi connectivity index (χ2n) is 5.13. The second kappa shape index (κ2) is 6.59. The molecule has 0 spiro atoms. The molecule has 17 heavy (non-hydrogen) atoms. The Balaban J connectivity index is 2.34. The molecule has 1 aliphatic rings. The van der Waals surface area contributed by atoms with Gasteiger partial charge in [0.05, 0.1) is 6.54 Å². The number of carbonyl (C=O) groups excluding carboxylic acids is 1. The standard InChI is InChI=1S/C12H22N2O3/c1-9(2)6-11(15)13-10-4-3-5-14(7-10)8-12(16)17/h9-10H,3-8H2,1-2H3,(H,13,15)(H,16,17)/t10-/m0/s1. The third-order valence-corrected chi connectivity index (χ3v) is 2.82. The van der Waals surface area contributed by atoms with Gasteiger partial charge in [-0.05, 0) is 25.3 Å². The molecule has 0 saturated carbocycles. The van der Waals surface area contributed by atoms with Gasteiger partial charge in [0.15, 0.2) is 0 Å². The summed E-state index contributed by atoms with van der Waals surface area (Å²) >= 11 is 0. The Hall–Kier alpha value is -1.10. The summed E-state index contributed by atoms with van der Waals surface area (Å²) < 4.78 is 0. The molecule has 98 valence electrons. The van der Waals surface area contributed by atoms with E-state index < -0.39 is 5.97 Å². The van der Waals surface area contributed by atoms with Gasteiger partial charge in [0, 0.05) is 19.0 Å². The van der Waals surface area contributed by atoms with Crippen LogP contribution in [0.25, 0.3) is 0 Å². The zero-order valence-electron chi connectivity index (χ0n) is 10.6. The van der Waals surface area contributed by atoms with Crippen molar-refractivity contribution >= 4 is 11.9 Å². The molecule has 1 amide bonds. The first-order valence-electron chi connectivity index (χ1n) is 6.21. The summed E-state index contributed by atoms with van der Waals surface area (Å²) in [6, 6.07) is 0.106. The Bertz CT molecular complexity index is 279. The first kappa shape index (κ1) is 14.0. The van der Waals surface area contributed by atoms with Gasteiger partial charge in [-0.1, -0.05) is 13.8 Å². The highest BCUT2D eigenvalue weighted by atomic mass is 16.4. The van der Waals surface area contributed by atoms with E-state index in [-0.39, 0.29) is 18.5 Å². The van der Waals surface area contributed by atoms with Crippen LogP contribution < -0.4 is 5.32 Å². The van der Waals surface area contributed by atoms with Crippen molar-refractivity contribution in [1.29, 1.82) is 0 Å². The van der Waals surface area contributed by atoms with E-state index in [1.165, 1.54) is 0 Å². The molecule has 0 aliphatic carbocycles. The van der Waals surface area contributed by atoms with Crippen LogP contribution in [0.3, 0.4) is 0 Å². The number of nitrogens with zero attached hydrogens (tertiary/aromatic N) is 1. The van der Waals surface area contributed by atoms with Crippen molar-refractivity contribution in [1.82, 2.24) is 10.2 Å². The summed E-state index contributed by atoms with van der Waals surface area (Å²) in [5.74, 6) is -0.380. The third-order valence-electron chi connectivity index (χ3n) is 2.82. The number of aliphatic carboxylic acids is 1. The first-order chi connectivity index (χ1) is 7.97. The fourth-order valence-corrected chi connectivity index (χ4v) is 2.17. The zero-order chi connectivity index (χ0) is 12.8. The average Bonchev–Trinajstić information content (AvgIpc) is 2.14. The number of carboxylic acids is 1. The molecule has 5 heteroatoms. The smallest absolute Gasteiger partial charge is 0.317 e. The van der Waals surface area contributed by atoms with E-state index in [1.807, 2.05) is 18.7 Å². The number of amides is 1. The van der Waals surface area contributed by atoms with Gasteiger partial charge in [-0.3, -0.25) is 14.5 Å². The lowest BCUT2D eigenvalue weighted by molar-refractivity contribution is -0.138. The van der Waals surface area contributed by atoms with Crippen LogP contribution in [0.2, 0.25) is 0 Å². The van der Waals surface area contributed by atoms with Crippen molar-refractivity contribution in [3.05, 3.63) is 0 Å². The molecule has 0 aromatic heterocycles. The number of hydrogen-bond acceptors (Lipinski definition) is 3. The Morgan fingerprint density at radius 1 is 1.47 bits per heavy atom. The first-order valence-corrected chi connectivity index (χ1v) is 6.21. The van der Waals surface area contributed by atoms with E-state index in [1.54, 1.807) is 0 Å². The Morgan fingerprint density at radius 3 is 2.76 bits per heavy atom. The summed E-state index contributed by atoms with van der Waals surface area (Å²) in [5, 5.41) is 11.7. The molecule has 5 nitrogen and oxygen atoms in total. The van der Waals surface area contributed by atoms with Crippen LogP contribution in [0.15, 0.2) is 0 Å². The quantitative estimate of drug-likeness (QED) is 0.744. The van der Waals surface area contributed by atoms with Gasteiger partial charge in [-0.15, -0.1) is 0 Å². The maximum absolute atomic E-state index is 11.6. The highest BCUT2D eigenvalue weighted by Crippen LogP contribution is 2.10. The van der Waals surface area contributed by atoms with E-state index in [2.05, 4.69) is 5.32 Å². The number of carbonyl (C=O) groups is 2. The van der Waals surface area contributed by atoms with Crippen LogP contribution in [0, 0.1) is 5.92 Å². The van der Waals surface area contributed by atoms with Crippen LogP contribution in [0.1, 0.15) is 33.1 Å². The van der Waals surface area contributed by atoms with Crippen LogP contribution in [-0.2, 0) is 9.59 Å². The summed E-state index contributed by atoms with van der Waals surface area (Å²) in [6.07, 6.45) is 2.43.